The highest BCUT2D eigenvalue weighted by atomic mass is 79.9. The van der Waals surface area contributed by atoms with E-state index in [9.17, 15) is 14.9 Å². The SMILES string of the molecule is Cc1ncn(CCc2ccc([N+](=O)[O-])cc2)c(=O)c1Br. The first kappa shape index (κ1) is 14.4. The minimum atomic E-state index is -0.435. The van der Waals surface area contributed by atoms with Crippen molar-refractivity contribution in [2.24, 2.45) is 0 Å². The van der Waals surface area contributed by atoms with Gasteiger partial charge in [0.05, 0.1) is 16.9 Å². The van der Waals surface area contributed by atoms with E-state index in [0.29, 0.717) is 23.1 Å². The molecule has 1 heterocycles. The van der Waals surface area contributed by atoms with Crippen LogP contribution in [0.3, 0.4) is 0 Å². The van der Waals surface area contributed by atoms with Crippen molar-refractivity contribution in [1.29, 1.82) is 0 Å². The van der Waals surface area contributed by atoms with Gasteiger partial charge in [0.25, 0.3) is 11.2 Å². The Morgan fingerprint density at radius 2 is 2.00 bits per heavy atom. The fourth-order valence-corrected chi connectivity index (χ4v) is 2.07. The number of benzene rings is 1. The standard InChI is InChI=1S/C13H12BrN3O3/c1-9-12(14)13(18)16(8-15-9)7-6-10-2-4-11(5-3-10)17(19)20/h2-5,8H,6-7H2,1H3. The van der Waals surface area contributed by atoms with Crippen molar-refractivity contribution in [2.45, 2.75) is 19.9 Å². The summed E-state index contributed by atoms with van der Waals surface area (Å²) in [7, 11) is 0. The van der Waals surface area contributed by atoms with Crippen LogP contribution in [0.4, 0.5) is 5.69 Å². The van der Waals surface area contributed by atoms with Crippen molar-refractivity contribution in [3.8, 4) is 0 Å². The maximum Gasteiger partial charge on any atom is 0.269 e. The van der Waals surface area contributed by atoms with Crippen LogP contribution in [-0.2, 0) is 13.0 Å². The summed E-state index contributed by atoms with van der Waals surface area (Å²) in [4.78, 5) is 26.2. The molecule has 0 unspecified atom stereocenters. The summed E-state index contributed by atoms with van der Waals surface area (Å²) in [6.07, 6.45) is 2.11. The number of aromatic nitrogens is 2. The fourth-order valence-electron chi connectivity index (χ4n) is 1.74. The third-order valence-electron chi connectivity index (χ3n) is 2.95. The molecule has 6 nitrogen and oxygen atoms in total. The van der Waals surface area contributed by atoms with E-state index < -0.39 is 4.92 Å². The second-order valence-electron chi connectivity index (χ2n) is 4.32. The van der Waals surface area contributed by atoms with E-state index in [1.165, 1.54) is 23.0 Å². The molecule has 2 rings (SSSR count). The van der Waals surface area contributed by atoms with Gasteiger partial charge in [0, 0.05) is 18.7 Å². The number of hydrogen-bond donors (Lipinski definition) is 0. The van der Waals surface area contributed by atoms with Crippen LogP contribution >= 0.6 is 15.9 Å². The van der Waals surface area contributed by atoms with Gasteiger partial charge in [-0.3, -0.25) is 19.5 Å². The quantitative estimate of drug-likeness (QED) is 0.634. The van der Waals surface area contributed by atoms with Crippen LogP contribution in [0.15, 0.2) is 39.9 Å². The number of non-ortho nitro benzene ring substituents is 1. The number of rotatable bonds is 4. The molecule has 0 aliphatic carbocycles. The van der Waals surface area contributed by atoms with E-state index in [2.05, 4.69) is 20.9 Å². The third kappa shape index (κ3) is 3.11. The summed E-state index contributed by atoms with van der Waals surface area (Å²) in [6, 6.07) is 6.31. The van der Waals surface area contributed by atoms with Gasteiger partial charge in [0.15, 0.2) is 0 Å². The van der Waals surface area contributed by atoms with Crippen LogP contribution in [0.5, 0.6) is 0 Å². The average Bonchev–Trinajstić information content (AvgIpc) is 2.44. The van der Waals surface area contributed by atoms with Gasteiger partial charge in [0.1, 0.15) is 4.47 Å². The van der Waals surface area contributed by atoms with Crippen molar-refractivity contribution < 1.29 is 4.92 Å². The first-order valence-electron chi connectivity index (χ1n) is 5.94. The molecule has 0 saturated heterocycles. The molecule has 104 valence electrons. The van der Waals surface area contributed by atoms with Gasteiger partial charge in [0.2, 0.25) is 0 Å². The molecule has 0 amide bonds. The highest BCUT2D eigenvalue weighted by Crippen LogP contribution is 2.13. The lowest BCUT2D eigenvalue weighted by Crippen LogP contribution is -2.23. The van der Waals surface area contributed by atoms with Crippen molar-refractivity contribution in [1.82, 2.24) is 9.55 Å². The molecule has 20 heavy (non-hydrogen) atoms. The predicted octanol–water partition coefficient (Wildman–Crippen LogP) is 2.47. The molecule has 0 bridgehead atoms. The lowest BCUT2D eigenvalue weighted by Gasteiger charge is -2.07. The van der Waals surface area contributed by atoms with Crippen molar-refractivity contribution in [2.75, 3.05) is 0 Å². The molecule has 0 aliphatic heterocycles. The summed E-state index contributed by atoms with van der Waals surface area (Å²) in [6.45, 7) is 2.23. The maximum absolute atomic E-state index is 11.9. The molecule has 0 aliphatic rings. The molecular weight excluding hydrogens is 326 g/mol. The number of hydrogen-bond acceptors (Lipinski definition) is 4. The Kier molecular flexibility index (Phi) is 4.29. The molecule has 7 heteroatoms. The molecule has 0 atom stereocenters. The van der Waals surface area contributed by atoms with E-state index in [4.69, 9.17) is 0 Å². The van der Waals surface area contributed by atoms with Crippen molar-refractivity contribution in [3.05, 3.63) is 66.8 Å². The number of nitro benzene ring substituents is 1. The van der Waals surface area contributed by atoms with Crippen LogP contribution in [0.1, 0.15) is 11.3 Å². The number of nitro groups is 1. The normalized spacial score (nSPS) is 10.5. The smallest absolute Gasteiger partial charge is 0.269 e. The van der Waals surface area contributed by atoms with Gasteiger partial charge in [-0.25, -0.2) is 4.98 Å². The first-order chi connectivity index (χ1) is 9.49. The monoisotopic (exact) mass is 337 g/mol. The Bertz CT molecular complexity index is 695. The summed E-state index contributed by atoms with van der Waals surface area (Å²) >= 11 is 3.21. The minimum absolute atomic E-state index is 0.0608. The molecule has 2 aromatic rings. The summed E-state index contributed by atoms with van der Waals surface area (Å²) in [5.41, 5.74) is 1.52. The van der Waals surface area contributed by atoms with Gasteiger partial charge in [-0.2, -0.15) is 0 Å². The largest absolute Gasteiger partial charge is 0.298 e. The second-order valence-corrected chi connectivity index (χ2v) is 5.11. The molecule has 0 fully saturated rings. The second kappa shape index (κ2) is 5.96. The topological polar surface area (TPSA) is 78.0 Å². The number of nitrogens with zero attached hydrogens (tertiary/aromatic N) is 3. The van der Waals surface area contributed by atoms with Crippen LogP contribution in [0.25, 0.3) is 0 Å². The van der Waals surface area contributed by atoms with E-state index in [0.717, 1.165) is 5.56 Å². The molecule has 0 spiro atoms. The van der Waals surface area contributed by atoms with Gasteiger partial charge in [-0.1, -0.05) is 12.1 Å². The fraction of sp³-hybridized carbons (Fsp3) is 0.231. The molecule has 0 saturated carbocycles. The number of halogens is 1. The Morgan fingerprint density at radius 3 is 2.60 bits per heavy atom. The maximum atomic E-state index is 11.9. The van der Waals surface area contributed by atoms with Crippen LogP contribution in [-0.4, -0.2) is 14.5 Å². The Labute approximate surface area is 123 Å². The van der Waals surface area contributed by atoms with Gasteiger partial charge in [-0.05, 0) is 34.8 Å². The van der Waals surface area contributed by atoms with E-state index in [1.807, 2.05) is 0 Å². The lowest BCUT2D eigenvalue weighted by atomic mass is 10.1. The molecule has 1 aromatic heterocycles. The summed E-state index contributed by atoms with van der Waals surface area (Å²) < 4.78 is 1.97. The zero-order chi connectivity index (χ0) is 14.7. The minimum Gasteiger partial charge on any atom is -0.298 e. The molecular formula is C13H12BrN3O3. The molecule has 0 radical (unpaired) electrons. The highest BCUT2D eigenvalue weighted by Gasteiger charge is 2.07. The summed E-state index contributed by atoms with van der Waals surface area (Å²) in [5.74, 6) is 0. The van der Waals surface area contributed by atoms with Crippen molar-refractivity contribution in [3.63, 3.8) is 0 Å². The van der Waals surface area contributed by atoms with E-state index in [1.54, 1.807) is 19.1 Å². The molecule has 1 aromatic carbocycles. The molecule has 0 N–H and O–H groups in total. The lowest BCUT2D eigenvalue weighted by molar-refractivity contribution is -0.384. The first-order valence-corrected chi connectivity index (χ1v) is 6.73. The Balaban J connectivity index is 2.11. The number of aryl methyl sites for hydroxylation is 3. The van der Waals surface area contributed by atoms with Gasteiger partial charge >= 0.3 is 0 Å². The highest BCUT2D eigenvalue weighted by molar-refractivity contribution is 9.10. The van der Waals surface area contributed by atoms with Gasteiger partial charge in [-0.15, -0.1) is 0 Å². The zero-order valence-corrected chi connectivity index (χ0v) is 12.3. The van der Waals surface area contributed by atoms with Crippen LogP contribution in [0, 0.1) is 17.0 Å². The van der Waals surface area contributed by atoms with E-state index >= 15 is 0 Å². The van der Waals surface area contributed by atoms with Crippen LogP contribution in [0.2, 0.25) is 0 Å². The van der Waals surface area contributed by atoms with Crippen LogP contribution < -0.4 is 5.56 Å². The predicted molar refractivity (Wildman–Crippen MR) is 77.7 cm³/mol. The Hall–Kier alpha value is -2.02. The van der Waals surface area contributed by atoms with Gasteiger partial charge < -0.3 is 0 Å². The average molecular weight is 338 g/mol. The summed E-state index contributed by atoms with van der Waals surface area (Å²) in [5, 5.41) is 10.6. The third-order valence-corrected chi connectivity index (χ3v) is 3.86. The van der Waals surface area contributed by atoms with Crippen molar-refractivity contribution >= 4 is 21.6 Å². The van der Waals surface area contributed by atoms with E-state index in [-0.39, 0.29) is 11.2 Å². The zero-order valence-electron chi connectivity index (χ0n) is 10.7. The Morgan fingerprint density at radius 1 is 1.35 bits per heavy atom.